The van der Waals surface area contributed by atoms with Crippen molar-refractivity contribution in [3.8, 4) is 0 Å². The highest BCUT2D eigenvalue weighted by Gasteiger charge is 2.30. The number of halogens is 1. The second-order valence-corrected chi connectivity index (χ2v) is 8.18. The summed E-state index contributed by atoms with van der Waals surface area (Å²) in [4.78, 5) is 32.2. The maximum atomic E-state index is 13.5. The van der Waals surface area contributed by atoms with E-state index >= 15 is 0 Å². The molecule has 10 heteroatoms. The molecule has 0 aromatic carbocycles. The Morgan fingerprint density at radius 2 is 2.21 bits per heavy atom. The Balaban J connectivity index is 1.66. The highest BCUT2D eigenvalue weighted by Crippen LogP contribution is 2.28. The lowest BCUT2D eigenvalue weighted by atomic mass is 10.1. The number of likely N-dealkylation sites (tertiary alicyclic amines) is 1. The second-order valence-electron chi connectivity index (χ2n) is 6.98. The first-order valence-corrected chi connectivity index (χ1v) is 10.1. The first-order chi connectivity index (χ1) is 13.9. The number of pyridine rings is 1. The predicted octanol–water partition coefficient (Wildman–Crippen LogP) is 2.96. The number of nitrogens with one attached hydrogen (secondary N) is 1. The molecule has 0 spiro atoms. The molecule has 152 valence electrons. The molecule has 0 radical (unpaired) electrons. The Kier molecular flexibility index (Phi) is 5.37. The smallest absolute Gasteiger partial charge is 0.274 e. The summed E-state index contributed by atoms with van der Waals surface area (Å²) < 4.78 is 19.5. The quantitative estimate of drug-likeness (QED) is 0.683. The molecule has 0 aliphatic carbocycles. The van der Waals surface area contributed by atoms with Gasteiger partial charge in [-0.2, -0.15) is 4.98 Å². The highest BCUT2D eigenvalue weighted by atomic mass is 32.1. The molecule has 8 nitrogen and oxygen atoms in total. The molecule has 3 aromatic rings. The molecule has 1 N–H and O–H groups in total. The molecule has 1 unspecified atom stereocenters. The summed E-state index contributed by atoms with van der Waals surface area (Å²) in [5.41, 5.74) is 1.45. The zero-order valence-electron chi connectivity index (χ0n) is 16.3. The van der Waals surface area contributed by atoms with Crippen LogP contribution in [0.4, 0.5) is 10.3 Å². The summed E-state index contributed by atoms with van der Waals surface area (Å²) in [5, 5.41) is 3.94. The van der Waals surface area contributed by atoms with E-state index in [-0.39, 0.29) is 24.0 Å². The Hall–Kier alpha value is -2.72. The van der Waals surface area contributed by atoms with E-state index in [1.807, 2.05) is 13.8 Å². The van der Waals surface area contributed by atoms with Gasteiger partial charge in [-0.15, -0.1) is 11.3 Å². The van der Waals surface area contributed by atoms with Crippen molar-refractivity contribution in [2.45, 2.75) is 32.4 Å². The Labute approximate surface area is 171 Å². The minimum Gasteiger partial charge on any atom is -0.380 e. The van der Waals surface area contributed by atoms with E-state index < -0.39 is 5.82 Å². The van der Waals surface area contributed by atoms with Gasteiger partial charge in [-0.1, -0.05) is 0 Å². The molecule has 0 saturated carbocycles. The minimum atomic E-state index is -0.416. The average molecular weight is 416 g/mol. The third kappa shape index (κ3) is 4.03. The van der Waals surface area contributed by atoms with Crippen LogP contribution < -0.4 is 5.32 Å². The van der Waals surface area contributed by atoms with Gasteiger partial charge in [0.2, 0.25) is 5.95 Å². The van der Waals surface area contributed by atoms with Crippen LogP contribution in [0.2, 0.25) is 0 Å². The molecule has 2 atom stereocenters. The number of anilines is 1. The lowest BCUT2D eigenvalue weighted by molar-refractivity contribution is 0.0721. The number of thiazole rings is 1. The van der Waals surface area contributed by atoms with Gasteiger partial charge in [-0.3, -0.25) is 9.78 Å². The number of fused-ring (bicyclic) bond motifs is 1. The average Bonchev–Trinajstić information content (AvgIpc) is 3.32. The van der Waals surface area contributed by atoms with Gasteiger partial charge in [0, 0.05) is 26.4 Å². The number of rotatable bonds is 5. The van der Waals surface area contributed by atoms with Crippen LogP contribution in [0.5, 0.6) is 0 Å². The van der Waals surface area contributed by atoms with Crippen LogP contribution in [0.3, 0.4) is 0 Å². The molecule has 1 aliphatic rings. The fourth-order valence-corrected chi connectivity index (χ4v) is 4.17. The van der Waals surface area contributed by atoms with Gasteiger partial charge in [0.05, 0.1) is 23.4 Å². The maximum absolute atomic E-state index is 13.5. The SMILES string of the molecule is COC1CCN(C(=O)c2nc(N[C@@H](C)c3cncc(F)c3)nc3nc(C)sc23)C1. The van der Waals surface area contributed by atoms with Crippen LogP contribution in [0.25, 0.3) is 10.3 Å². The zero-order chi connectivity index (χ0) is 20.5. The number of aromatic nitrogens is 4. The number of ether oxygens (including phenoxy) is 1. The number of carbonyl (C=O) groups is 1. The molecule has 1 fully saturated rings. The number of amides is 1. The van der Waals surface area contributed by atoms with Crippen LogP contribution in [0.1, 0.15) is 40.4 Å². The fraction of sp³-hybridized carbons (Fsp3) is 0.421. The lowest BCUT2D eigenvalue weighted by Gasteiger charge is -2.17. The Bertz CT molecular complexity index is 1060. The Morgan fingerprint density at radius 1 is 1.38 bits per heavy atom. The molecular formula is C19H21FN6O2S. The van der Waals surface area contributed by atoms with E-state index in [1.54, 1.807) is 18.2 Å². The topological polar surface area (TPSA) is 93.1 Å². The number of hydrogen-bond donors (Lipinski definition) is 1. The number of aryl methyl sites for hydroxylation is 1. The molecule has 29 heavy (non-hydrogen) atoms. The molecule has 1 amide bonds. The monoisotopic (exact) mass is 416 g/mol. The largest absolute Gasteiger partial charge is 0.380 e. The first-order valence-electron chi connectivity index (χ1n) is 9.29. The molecule has 1 saturated heterocycles. The summed E-state index contributed by atoms with van der Waals surface area (Å²) in [6.45, 7) is 4.87. The summed E-state index contributed by atoms with van der Waals surface area (Å²) in [6.07, 6.45) is 3.56. The van der Waals surface area contributed by atoms with Crippen LogP contribution in [-0.2, 0) is 4.74 Å². The van der Waals surface area contributed by atoms with Crippen molar-refractivity contribution in [2.75, 3.05) is 25.5 Å². The van der Waals surface area contributed by atoms with E-state index in [4.69, 9.17) is 4.74 Å². The first kappa shape index (κ1) is 19.6. The third-order valence-corrected chi connectivity index (χ3v) is 5.87. The highest BCUT2D eigenvalue weighted by molar-refractivity contribution is 7.18. The van der Waals surface area contributed by atoms with E-state index in [0.717, 1.165) is 17.6 Å². The number of carbonyl (C=O) groups excluding carboxylic acids is 1. The van der Waals surface area contributed by atoms with E-state index in [1.165, 1.54) is 17.4 Å². The number of methoxy groups -OCH3 is 1. The summed E-state index contributed by atoms with van der Waals surface area (Å²) in [6, 6.07) is 1.10. The van der Waals surface area contributed by atoms with Crippen LogP contribution in [0, 0.1) is 12.7 Å². The van der Waals surface area contributed by atoms with Crippen molar-refractivity contribution < 1.29 is 13.9 Å². The van der Waals surface area contributed by atoms with Gasteiger partial charge in [0.1, 0.15) is 10.5 Å². The van der Waals surface area contributed by atoms with E-state index in [9.17, 15) is 9.18 Å². The van der Waals surface area contributed by atoms with Gasteiger partial charge < -0.3 is 15.0 Å². The molecule has 1 aliphatic heterocycles. The van der Waals surface area contributed by atoms with Crippen LogP contribution in [-0.4, -0.2) is 57.0 Å². The molecular weight excluding hydrogens is 395 g/mol. The van der Waals surface area contributed by atoms with Crippen molar-refractivity contribution in [1.82, 2.24) is 24.8 Å². The van der Waals surface area contributed by atoms with Crippen molar-refractivity contribution in [3.05, 3.63) is 40.5 Å². The lowest BCUT2D eigenvalue weighted by Crippen LogP contribution is -2.31. The van der Waals surface area contributed by atoms with E-state index in [0.29, 0.717) is 34.7 Å². The number of hydrogen-bond acceptors (Lipinski definition) is 8. The summed E-state index contributed by atoms with van der Waals surface area (Å²) in [5.74, 6) is -0.311. The molecule has 4 rings (SSSR count). The number of nitrogens with zero attached hydrogens (tertiary/aromatic N) is 5. The summed E-state index contributed by atoms with van der Waals surface area (Å²) in [7, 11) is 1.65. The fourth-order valence-electron chi connectivity index (χ4n) is 3.33. The molecule has 4 heterocycles. The van der Waals surface area contributed by atoms with Gasteiger partial charge in [-0.05, 0) is 31.9 Å². The Morgan fingerprint density at radius 3 is 2.93 bits per heavy atom. The molecule has 0 bridgehead atoms. The van der Waals surface area contributed by atoms with Crippen LogP contribution in [0.15, 0.2) is 18.5 Å². The predicted molar refractivity (Wildman–Crippen MR) is 107 cm³/mol. The standard InChI is InChI=1S/C19H21FN6O2S/c1-10(12-6-13(20)8-21-7-12)22-19-24-15(16-17(25-19)23-11(2)29-16)18(27)26-5-4-14(9-26)28-3/h6-8,10,14H,4-5,9H2,1-3H3,(H,22,24,25)/t10-,14?/m0/s1. The van der Waals surface area contributed by atoms with Gasteiger partial charge in [0.25, 0.3) is 5.91 Å². The zero-order valence-corrected chi connectivity index (χ0v) is 17.2. The van der Waals surface area contributed by atoms with Crippen LogP contribution >= 0.6 is 11.3 Å². The minimum absolute atomic E-state index is 0.0394. The summed E-state index contributed by atoms with van der Waals surface area (Å²) >= 11 is 1.40. The van der Waals surface area contributed by atoms with Crippen molar-refractivity contribution in [3.63, 3.8) is 0 Å². The molecule has 3 aromatic heterocycles. The third-order valence-electron chi connectivity index (χ3n) is 4.90. The van der Waals surface area contributed by atoms with Gasteiger partial charge in [0.15, 0.2) is 11.3 Å². The second kappa shape index (κ2) is 7.96. The van der Waals surface area contributed by atoms with E-state index in [2.05, 4.69) is 25.3 Å². The maximum Gasteiger partial charge on any atom is 0.274 e. The van der Waals surface area contributed by atoms with Gasteiger partial charge in [-0.25, -0.2) is 14.4 Å². The van der Waals surface area contributed by atoms with Crippen molar-refractivity contribution in [1.29, 1.82) is 0 Å². The van der Waals surface area contributed by atoms with Crippen molar-refractivity contribution >= 4 is 33.5 Å². The van der Waals surface area contributed by atoms with Crippen molar-refractivity contribution in [2.24, 2.45) is 0 Å². The normalized spacial score (nSPS) is 17.7. The van der Waals surface area contributed by atoms with Gasteiger partial charge >= 0.3 is 0 Å².